The van der Waals surface area contributed by atoms with Crippen LogP contribution >= 0.6 is 0 Å². The molecule has 0 atom stereocenters. The van der Waals surface area contributed by atoms with Crippen LogP contribution in [0.3, 0.4) is 0 Å². The molecule has 0 heterocycles. The predicted molar refractivity (Wildman–Crippen MR) is 46.3 cm³/mol. The Morgan fingerprint density at radius 1 is 1.23 bits per heavy atom. The fourth-order valence-electron chi connectivity index (χ4n) is 0.970. The summed E-state index contributed by atoms with van der Waals surface area (Å²) in [6, 6.07) is 0. The summed E-state index contributed by atoms with van der Waals surface area (Å²) in [6.07, 6.45) is 0.704. The minimum Gasteiger partial charge on any atom is -0.478 e. The number of carboxylic acid groups (broad SMARTS) is 2. The maximum atomic E-state index is 10.6. The highest BCUT2D eigenvalue weighted by atomic mass is 16.4. The molecule has 5 heteroatoms. The standard InChI is InChI=1S/C8H13NO4/c1-3-9(4-2)6(8(12)13)5-7(10)11/h5H,3-4H2,1-2H3,(H,10,11)(H,12,13). The van der Waals surface area contributed by atoms with Crippen LogP contribution in [-0.2, 0) is 9.59 Å². The molecule has 0 radical (unpaired) electrons. The zero-order valence-corrected chi connectivity index (χ0v) is 7.65. The molecule has 0 aliphatic carbocycles. The number of carbonyl (C=O) groups is 2. The number of carboxylic acids is 2. The molecular formula is C8H13NO4. The molecule has 0 aromatic heterocycles. The van der Waals surface area contributed by atoms with Crippen molar-refractivity contribution in [3.63, 3.8) is 0 Å². The second kappa shape index (κ2) is 5.18. The van der Waals surface area contributed by atoms with E-state index in [1.807, 2.05) is 0 Å². The van der Waals surface area contributed by atoms with Crippen LogP contribution in [0.1, 0.15) is 13.8 Å². The summed E-state index contributed by atoms with van der Waals surface area (Å²) in [5.74, 6) is -2.46. The van der Waals surface area contributed by atoms with E-state index in [-0.39, 0.29) is 5.70 Å². The van der Waals surface area contributed by atoms with Crippen LogP contribution in [0.25, 0.3) is 0 Å². The Labute approximate surface area is 76.3 Å². The molecule has 13 heavy (non-hydrogen) atoms. The molecule has 0 fully saturated rings. The van der Waals surface area contributed by atoms with Gasteiger partial charge in [-0.3, -0.25) is 0 Å². The average molecular weight is 187 g/mol. The maximum Gasteiger partial charge on any atom is 0.352 e. The fraction of sp³-hybridized carbons (Fsp3) is 0.500. The molecule has 2 N–H and O–H groups in total. The normalized spacial score (nSPS) is 11.1. The summed E-state index contributed by atoms with van der Waals surface area (Å²) >= 11 is 0. The molecule has 74 valence electrons. The number of aliphatic carboxylic acids is 2. The molecule has 0 saturated heterocycles. The average Bonchev–Trinajstić information content (AvgIpc) is 2.04. The van der Waals surface area contributed by atoms with Gasteiger partial charge in [-0.25, -0.2) is 9.59 Å². The Hall–Kier alpha value is -1.52. The first-order valence-electron chi connectivity index (χ1n) is 3.95. The molecule has 0 aromatic carbocycles. The highest BCUT2D eigenvalue weighted by Gasteiger charge is 2.14. The smallest absolute Gasteiger partial charge is 0.352 e. The van der Waals surface area contributed by atoms with Gasteiger partial charge in [0.2, 0.25) is 0 Å². The number of hydrogen-bond acceptors (Lipinski definition) is 3. The van der Waals surface area contributed by atoms with Gasteiger partial charge in [-0.2, -0.15) is 0 Å². The second-order valence-corrected chi connectivity index (χ2v) is 2.35. The van der Waals surface area contributed by atoms with E-state index in [1.165, 1.54) is 4.90 Å². The molecule has 0 rings (SSSR count). The molecule has 0 bridgehead atoms. The van der Waals surface area contributed by atoms with Crippen molar-refractivity contribution in [2.24, 2.45) is 0 Å². The molecule has 0 spiro atoms. The summed E-state index contributed by atoms with van der Waals surface area (Å²) in [6.45, 7) is 4.48. The molecule has 0 saturated carbocycles. The van der Waals surface area contributed by atoms with E-state index >= 15 is 0 Å². The van der Waals surface area contributed by atoms with Gasteiger partial charge in [-0.05, 0) is 13.8 Å². The lowest BCUT2D eigenvalue weighted by Crippen LogP contribution is -2.27. The van der Waals surface area contributed by atoms with Crippen LogP contribution in [0.2, 0.25) is 0 Å². The third kappa shape index (κ3) is 3.59. The van der Waals surface area contributed by atoms with Gasteiger partial charge >= 0.3 is 11.9 Å². The largest absolute Gasteiger partial charge is 0.478 e. The summed E-state index contributed by atoms with van der Waals surface area (Å²) < 4.78 is 0. The number of rotatable bonds is 5. The SMILES string of the molecule is CCN(CC)C(=CC(=O)O)C(=O)O. The van der Waals surface area contributed by atoms with Crippen LogP contribution in [-0.4, -0.2) is 40.1 Å². The van der Waals surface area contributed by atoms with Gasteiger partial charge < -0.3 is 15.1 Å². The Balaban J connectivity index is 4.78. The Bertz CT molecular complexity index is 230. The van der Waals surface area contributed by atoms with Crippen LogP contribution in [0, 0.1) is 0 Å². The lowest BCUT2D eigenvalue weighted by molar-refractivity contribution is -0.136. The predicted octanol–water partition coefficient (Wildman–Crippen LogP) is 0.381. The maximum absolute atomic E-state index is 10.6. The van der Waals surface area contributed by atoms with Crippen molar-refractivity contribution in [3.05, 3.63) is 11.8 Å². The van der Waals surface area contributed by atoms with Gasteiger partial charge in [0, 0.05) is 13.1 Å². The molecule has 0 amide bonds. The van der Waals surface area contributed by atoms with E-state index < -0.39 is 11.9 Å². The lowest BCUT2D eigenvalue weighted by Gasteiger charge is -2.20. The van der Waals surface area contributed by atoms with E-state index in [1.54, 1.807) is 13.8 Å². The molecule has 0 unspecified atom stereocenters. The van der Waals surface area contributed by atoms with E-state index in [0.29, 0.717) is 19.2 Å². The number of likely N-dealkylation sites (N-methyl/N-ethyl adjacent to an activating group) is 1. The first-order valence-corrected chi connectivity index (χ1v) is 3.95. The number of nitrogens with zero attached hydrogens (tertiary/aromatic N) is 1. The Kier molecular flexibility index (Phi) is 4.58. The second-order valence-electron chi connectivity index (χ2n) is 2.35. The third-order valence-corrected chi connectivity index (χ3v) is 1.58. The van der Waals surface area contributed by atoms with Crippen molar-refractivity contribution in [2.45, 2.75) is 13.8 Å². The van der Waals surface area contributed by atoms with E-state index in [2.05, 4.69) is 0 Å². The van der Waals surface area contributed by atoms with E-state index in [9.17, 15) is 9.59 Å². The zero-order valence-electron chi connectivity index (χ0n) is 7.65. The van der Waals surface area contributed by atoms with Crippen LogP contribution in [0.4, 0.5) is 0 Å². The highest BCUT2D eigenvalue weighted by Crippen LogP contribution is 2.03. The number of hydrogen-bond donors (Lipinski definition) is 2. The van der Waals surface area contributed by atoms with Crippen LogP contribution in [0.5, 0.6) is 0 Å². The topological polar surface area (TPSA) is 77.8 Å². The summed E-state index contributed by atoms with van der Waals surface area (Å²) in [7, 11) is 0. The fourth-order valence-corrected chi connectivity index (χ4v) is 0.970. The van der Waals surface area contributed by atoms with Gasteiger partial charge in [-0.15, -0.1) is 0 Å². The lowest BCUT2D eigenvalue weighted by atomic mass is 10.3. The van der Waals surface area contributed by atoms with Gasteiger partial charge in [0.25, 0.3) is 0 Å². The van der Waals surface area contributed by atoms with Gasteiger partial charge in [0.05, 0.1) is 6.08 Å². The molecular weight excluding hydrogens is 174 g/mol. The molecule has 0 aromatic rings. The van der Waals surface area contributed by atoms with Gasteiger partial charge in [0.15, 0.2) is 0 Å². The van der Waals surface area contributed by atoms with Crippen LogP contribution < -0.4 is 0 Å². The summed E-state index contributed by atoms with van der Waals surface area (Å²) in [4.78, 5) is 22.4. The molecule has 5 nitrogen and oxygen atoms in total. The highest BCUT2D eigenvalue weighted by molar-refractivity contribution is 5.94. The third-order valence-electron chi connectivity index (χ3n) is 1.58. The monoisotopic (exact) mass is 187 g/mol. The van der Waals surface area contributed by atoms with Crippen molar-refractivity contribution in [1.29, 1.82) is 0 Å². The van der Waals surface area contributed by atoms with Crippen LogP contribution in [0.15, 0.2) is 11.8 Å². The minimum atomic E-state index is -1.25. The van der Waals surface area contributed by atoms with Gasteiger partial charge in [0.1, 0.15) is 5.70 Å². The van der Waals surface area contributed by atoms with Crippen molar-refractivity contribution in [3.8, 4) is 0 Å². The summed E-state index contributed by atoms with van der Waals surface area (Å²) in [5.41, 5.74) is -0.183. The minimum absolute atomic E-state index is 0.183. The molecule has 0 aliphatic heterocycles. The first kappa shape index (κ1) is 11.5. The van der Waals surface area contributed by atoms with Crippen molar-refractivity contribution in [1.82, 2.24) is 4.90 Å². The quantitative estimate of drug-likeness (QED) is 0.608. The Morgan fingerprint density at radius 3 is 1.92 bits per heavy atom. The van der Waals surface area contributed by atoms with E-state index in [4.69, 9.17) is 10.2 Å². The van der Waals surface area contributed by atoms with Gasteiger partial charge in [-0.1, -0.05) is 0 Å². The van der Waals surface area contributed by atoms with Crippen molar-refractivity contribution < 1.29 is 19.8 Å². The van der Waals surface area contributed by atoms with E-state index in [0.717, 1.165) is 0 Å². The summed E-state index contributed by atoms with van der Waals surface area (Å²) in [5, 5.41) is 17.1. The molecule has 0 aliphatic rings. The van der Waals surface area contributed by atoms with Crippen molar-refractivity contribution in [2.75, 3.05) is 13.1 Å². The van der Waals surface area contributed by atoms with Crippen molar-refractivity contribution >= 4 is 11.9 Å². The first-order chi connectivity index (χ1) is 6.02. The Morgan fingerprint density at radius 2 is 1.69 bits per heavy atom. The zero-order chi connectivity index (χ0) is 10.4.